The molecule has 2 aromatic rings. The number of carbonyl (C=O) groups is 1. The molecule has 1 aromatic heterocycles. The van der Waals surface area contributed by atoms with Crippen LogP contribution in [0, 0.1) is 0 Å². The normalized spacial score (nSPS) is 17.3. The molecule has 3 N–H and O–H groups in total. The van der Waals surface area contributed by atoms with Crippen LogP contribution in [0.2, 0.25) is 0 Å². The molecule has 2 aliphatic heterocycles. The lowest BCUT2D eigenvalue weighted by Crippen LogP contribution is -2.48. The Balaban J connectivity index is 1.66. The number of fused-ring (bicyclic) bond motifs is 2. The molecule has 134 valence electrons. The van der Waals surface area contributed by atoms with E-state index in [2.05, 4.69) is 10.3 Å². The van der Waals surface area contributed by atoms with Crippen molar-refractivity contribution in [3.05, 3.63) is 40.4 Å². The number of nitrogens with two attached hydrogens (primary N) is 1. The summed E-state index contributed by atoms with van der Waals surface area (Å²) in [4.78, 5) is 29.6. The maximum absolute atomic E-state index is 12.8. The van der Waals surface area contributed by atoms with Gasteiger partial charge in [0.1, 0.15) is 34.6 Å². The maximum atomic E-state index is 12.8. The predicted octanol–water partition coefficient (Wildman–Crippen LogP) is 0.00560. The van der Waals surface area contributed by atoms with Crippen molar-refractivity contribution in [1.82, 2.24) is 14.9 Å². The van der Waals surface area contributed by atoms with Crippen LogP contribution < -0.4 is 31.5 Å². The van der Waals surface area contributed by atoms with Crippen LogP contribution in [0.1, 0.15) is 31.6 Å². The van der Waals surface area contributed by atoms with Crippen LogP contribution in [0.5, 0.6) is 11.5 Å². The van der Waals surface area contributed by atoms with Gasteiger partial charge in [-0.3, -0.25) is 14.2 Å². The van der Waals surface area contributed by atoms with Gasteiger partial charge in [0.05, 0.1) is 0 Å². The van der Waals surface area contributed by atoms with E-state index in [1.54, 1.807) is 12.1 Å². The molecule has 26 heavy (non-hydrogen) atoms. The first kappa shape index (κ1) is 16.5. The van der Waals surface area contributed by atoms with E-state index in [9.17, 15) is 9.59 Å². The summed E-state index contributed by atoms with van der Waals surface area (Å²) in [6, 6.07) is 6.65. The highest BCUT2D eigenvalue weighted by Crippen LogP contribution is 2.32. The number of rotatable bonds is 4. The zero-order valence-electron chi connectivity index (χ0n) is 14.4. The van der Waals surface area contributed by atoms with Crippen LogP contribution in [0.4, 0.5) is 5.69 Å². The smallest absolute Gasteiger partial charge is 0.518 e. The van der Waals surface area contributed by atoms with E-state index in [4.69, 9.17) is 15.0 Å². The quantitative estimate of drug-likeness (QED) is 0.749. The number of nitrogen functional groups attached to an aromatic ring is 1. The minimum atomic E-state index is -0.862. The van der Waals surface area contributed by atoms with Gasteiger partial charge >= 0.3 is 7.12 Å². The van der Waals surface area contributed by atoms with Crippen molar-refractivity contribution in [2.75, 3.05) is 12.3 Å². The second-order valence-electron chi connectivity index (χ2n) is 6.36. The topological polar surface area (TPSA) is 108 Å². The first-order valence-electron chi connectivity index (χ1n) is 8.71. The van der Waals surface area contributed by atoms with Gasteiger partial charge in [-0.2, -0.15) is 0 Å². The Morgan fingerprint density at radius 3 is 2.73 bits per heavy atom. The lowest BCUT2D eigenvalue weighted by atomic mass is 9.83. The number of nitrogens with one attached hydrogen (secondary N) is 1. The van der Waals surface area contributed by atoms with Crippen molar-refractivity contribution < 1.29 is 14.1 Å². The van der Waals surface area contributed by atoms with Crippen molar-refractivity contribution in [2.24, 2.45) is 0 Å². The SMILES string of the molecule is CCCNC(=O)C1CCc2nc(B3Oc4ccccc4O3)c(N)c(=O)n21. The van der Waals surface area contributed by atoms with Gasteiger partial charge in [-0.1, -0.05) is 19.1 Å². The average Bonchev–Trinajstić information content (AvgIpc) is 3.26. The fraction of sp³-hybridized carbons (Fsp3) is 0.353. The highest BCUT2D eigenvalue weighted by Gasteiger charge is 2.41. The van der Waals surface area contributed by atoms with Gasteiger partial charge in [0.2, 0.25) is 5.91 Å². The van der Waals surface area contributed by atoms with Crippen LogP contribution in [-0.4, -0.2) is 29.1 Å². The first-order chi connectivity index (χ1) is 12.6. The fourth-order valence-electron chi connectivity index (χ4n) is 3.31. The number of hydrogen-bond acceptors (Lipinski definition) is 6. The molecule has 0 fully saturated rings. The lowest BCUT2D eigenvalue weighted by molar-refractivity contribution is -0.124. The molecule has 3 heterocycles. The minimum absolute atomic E-state index is 0.0539. The molecule has 4 rings (SSSR count). The zero-order chi connectivity index (χ0) is 18.3. The first-order valence-corrected chi connectivity index (χ1v) is 8.71. The molecule has 1 aromatic carbocycles. The molecule has 0 bridgehead atoms. The monoisotopic (exact) mass is 354 g/mol. The number of benzene rings is 1. The van der Waals surface area contributed by atoms with E-state index >= 15 is 0 Å². The lowest BCUT2D eigenvalue weighted by Gasteiger charge is -2.16. The number of aryl methyl sites for hydroxylation is 1. The van der Waals surface area contributed by atoms with Crippen LogP contribution in [-0.2, 0) is 11.2 Å². The standard InChI is InChI=1S/C17H19BN4O4/c1-2-9-20-16(23)10-7-8-13-21-15(14(19)17(24)22(10)13)18-25-11-5-3-4-6-12(11)26-18/h3-6,10H,2,7-9,19H2,1H3,(H,20,23). The summed E-state index contributed by atoms with van der Waals surface area (Å²) in [5, 5.41) is 2.83. The maximum Gasteiger partial charge on any atom is 0.655 e. The number of hydrogen-bond donors (Lipinski definition) is 2. The molecule has 1 unspecified atom stereocenters. The number of nitrogens with zero attached hydrogens (tertiary/aromatic N) is 2. The highest BCUT2D eigenvalue weighted by atomic mass is 16.6. The van der Waals surface area contributed by atoms with Crippen LogP contribution in [0.25, 0.3) is 0 Å². The van der Waals surface area contributed by atoms with Gasteiger partial charge in [0.15, 0.2) is 0 Å². The Bertz CT molecular complexity index is 904. The Hall–Kier alpha value is -2.97. The molecule has 9 heteroatoms. The minimum Gasteiger partial charge on any atom is -0.518 e. The third-order valence-corrected chi connectivity index (χ3v) is 4.60. The second kappa shape index (κ2) is 6.40. The number of anilines is 1. The summed E-state index contributed by atoms with van der Waals surface area (Å²) < 4.78 is 12.8. The van der Waals surface area contributed by atoms with E-state index < -0.39 is 18.7 Å². The predicted molar refractivity (Wildman–Crippen MR) is 96.7 cm³/mol. The van der Waals surface area contributed by atoms with Gasteiger partial charge in [-0.25, -0.2) is 4.98 Å². The zero-order valence-corrected chi connectivity index (χ0v) is 14.4. The third kappa shape index (κ3) is 2.60. The molecular formula is C17H19BN4O4. The van der Waals surface area contributed by atoms with Crippen LogP contribution in [0.15, 0.2) is 29.1 Å². The number of aromatic nitrogens is 2. The third-order valence-electron chi connectivity index (χ3n) is 4.60. The van der Waals surface area contributed by atoms with Crippen molar-refractivity contribution >= 4 is 24.3 Å². The van der Waals surface area contributed by atoms with E-state index in [0.29, 0.717) is 36.7 Å². The number of carbonyl (C=O) groups excluding carboxylic acids is 1. The summed E-state index contributed by atoms with van der Waals surface area (Å²) in [7, 11) is -0.862. The Morgan fingerprint density at radius 2 is 2.08 bits per heavy atom. The molecule has 8 nitrogen and oxygen atoms in total. The van der Waals surface area contributed by atoms with Gasteiger partial charge in [-0.15, -0.1) is 0 Å². The molecule has 0 aliphatic carbocycles. The summed E-state index contributed by atoms with van der Waals surface area (Å²) >= 11 is 0. The second-order valence-corrected chi connectivity index (χ2v) is 6.36. The van der Waals surface area contributed by atoms with Crippen LogP contribution >= 0.6 is 0 Å². The summed E-state index contributed by atoms with van der Waals surface area (Å²) in [6.45, 7) is 2.54. The fourth-order valence-corrected chi connectivity index (χ4v) is 3.31. The Morgan fingerprint density at radius 1 is 1.38 bits per heavy atom. The van der Waals surface area contributed by atoms with Crippen molar-refractivity contribution in [3.8, 4) is 11.5 Å². The van der Waals surface area contributed by atoms with Crippen molar-refractivity contribution in [1.29, 1.82) is 0 Å². The van der Waals surface area contributed by atoms with E-state index in [0.717, 1.165) is 6.42 Å². The summed E-state index contributed by atoms with van der Waals surface area (Å²) in [6.07, 6.45) is 1.87. The average molecular weight is 354 g/mol. The molecular weight excluding hydrogens is 335 g/mol. The Kier molecular flexibility index (Phi) is 4.06. The molecule has 0 spiro atoms. The largest absolute Gasteiger partial charge is 0.655 e. The highest BCUT2D eigenvalue weighted by molar-refractivity contribution is 6.64. The van der Waals surface area contributed by atoms with Gasteiger partial charge in [0.25, 0.3) is 5.56 Å². The molecule has 1 atom stereocenters. The van der Waals surface area contributed by atoms with Gasteiger partial charge in [-0.05, 0) is 25.0 Å². The van der Waals surface area contributed by atoms with Gasteiger partial charge in [0, 0.05) is 13.0 Å². The van der Waals surface area contributed by atoms with Gasteiger partial charge < -0.3 is 20.4 Å². The molecule has 0 saturated carbocycles. The van der Waals surface area contributed by atoms with Crippen LogP contribution in [0.3, 0.4) is 0 Å². The Labute approximate surface area is 150 Å². The summed E-state index contributed by atoms with van der Waals surface area (Å²) in [5.74, 6) is 1.51. The van der Waals surface area contributed by atoms with E-state index in [1.807, 2.05) is 19.1 Å². The van der Waals surface area contributed by atoms with Crippen molar-refractivity contribution in [3.63, 3.8) is 0 Å². The molecule has 2 aliphatic rings. The summed E-state index contributed by atoms with van der Waals surface area (Å²) in [5.41, 5.74) is 5.82. The molecule has 1 amide bonds. The number of para-hydroxylation sites is 2. The van der Waals surface area contributed by atoms with E-state index in [-0.39, 0.29) is 17.2 Å². The molecule has 0 radical (unpaired) electrons. The molecule has 0 saturated heterocycles. The number of amides is 1. The van der Waals surface area contributed by atoms with E-state index in [1.165, 1.54) is 4.57 Å². The van der Waals surface area contributed by atoms with Crippen molar-refractivity contribution in [2.45, 2.75) is 32.2 Å².